The summed E-state index contributed by atoms with van der Waals surface area (Å²) in [7, 11) is 0. The number of hydrogen-bond donors (Lipinski definition) is 1. The average molecular weight is 300 g/mol. The first-order valence-corrected chi connectivity index (χ1v) is 6.57. The van der Waals surface area contributed by atoms with Crippen molar-refractivity contribution in [1.29, 1.82) is 0 Å². The summed E-state index contributed by atoms with van der Waals surface area (Å²) in [5.41, 5.74) is 0.569. The van der Waals surface area contributed by atoms with Gasteiger partial charge in [-0.05, 0) is 24.3 Å². The molecule has 6 heteroatoms. The van der Waals surface area contributed by atoms with Crippen LogP contribution in [0.5, 0.6) is 0 Å². The standard InChI is InChI=1S/C15H10ClN3O2/c16-11-6-2-1-5-10(11)14(20)18-12-9-17-13-7-3-4-8-19(13)15(12)21/h1-9H,(H,18,20). The molecule has 1 N–H and O–H groups in total. The third-order valence-corrected chi connectivity index (χ3v) is 3.31. The number of carbonyl (C=O) groups is 1. The number of hydrogen-bond acceptors (Lipinski definition) is 3. The Morgan fingerprint density at radius 3 is 2.71 bits per heavy atom. The van der Waals surface area contributed by atoms with Gasteiger partial charge in [0.2, 0.25) is 0 Å². The summed E-state index contributed by atoms with van der Waals surface area (Å²) in [6, 6.07) is 11.8. The molecule has 0 aliphatic carbocycles. The molecule has 2 heterocycles. The Kier molecular flexibility index (Phi) is 3.41. The van der Waals surface area contributed by atoms with E-state index in [9.17, 15) is 9.59 Å². The number of carbonyl (C=O) groups excluding carboxylic acids is 1. The minimum atomic E-state index is -0.449. The summed E-state index contributed by atoms with van der Waals surface area (Å²) in [4.78, 5) is 28.5. The van der Waals surface area contributed by atoms with Crippen molar-refractivity contribution in [2.24, 2.45) is 0 Å². The van der Waals surface area contributed by atoms with E-state index >= 15 is 0 Å². The molecule has 2 aromatic heterocycles. The summed E-state index contributed by atoms with van der Waals surface area (Å²) in [5, 5.41) is 2.86. The van der Waals surface area contributed by atoms with Crippen LogP contribution in [-0.4, -0.2) is 15.3 Å². The molecule has 0 aliphatic rings. The molecule has 0 radical (unpaired) electrons. The number of nitrogens with one attached hydrogen (secondary N) is 1. The zero-order valence-corrected chi connectivity index (χ0v) is 11.5. The molecule has 0 spiro atoms. The molecule has 1 aromatic carbocycles. The quantitative estimate of drug-likeness (QED) is 0.791. The first kappa shape index (κ1) is 13.3. The van der Waals surface area contributed by atoms with E-state index in [2.05, 4.69) is 10.3 Å². The molecule has 1 amide bonds. The van der Waals surface area contributed by atoms with E-state index in [0.29, 0.717) is 16.2 Å². The predicted molar refractivity (Wildman–Crippen MR) is 80.9 cm³/mol. The molecule has 0 fully saturated rings. The SMILES string of the molecule is O=C(Nc1cnc2ccccn2c1=O)c1ccccc1Cl. The molecular formula is C15H10ClN3O2. The molecule has 3 aromatic rings. The number of benzene rings is 1. The molecule has 0 aliphatic heterocycles. The van der Waals surface area contributed by atoms with E-state index in [1.807, 2.05) is 0 Å². The molecule has 5 nitrogen and oxygen atoms in total. The largest absolute Gasteiger partial charge is 0.316 e. The van der Waals surface area contributed by atoms with Crippen LogP contribution in [0.25, 0.3) is 5.65 Å². The van der Waals surface area contributed by atoms with Crippen LogP contribution in [0.3, 0.4) is 0 Å². The van der Waals surface area contributed by atoms with E-state index in [4.69, 9.17) is 11.6 Å². The highest BCUT2D eigenvalue weighted by Crippen LogP contribution is 2.16. The minimum absolute atomic E-state index is 0.101. The van der Waals surface area contributed by atoms with Gasteiger partial charge in [-0.25, -0.2) is 4.98 Å². The maximum absolute atomic E-state index is 12.3. The van der Waals surface area contributed by atoms with Gasteiger partial charge in [0.1, 0.15) is 11.3 Å². The number of pyridine rings is 1. The molecule has 3 rings (SSSR count). The highest BCUT2D eigenvalue weighted by molar-refractivity contribution is 6.34. The number of nitrogens with zero attached hydrogens (tertiary/aromatic N) is 2. The molecule has 0 unspecified atom stereocenters. The van der Waals surface area contributed by atoms with E-state index in [1.54, 1.807) is 48.7 Å². The Bertz CT molecular complexity index is 889. The Hall–Kier alpha value is -2.66. The highest BCUT2D eigenvalue weighted by Gasteiger charge is 2.12. The first-order chi connectivity index (χ1) is 10.2. The predicted octanol–water partition coefficient (Wildman–Crippen LogP) is 2.60. The van der Waals surface area contributed by atoms with Gasteiger partial charge in [-0.15, -0.1) is 0 Å². The lowest BCUT2D eigenvalue weighted by atomic mass is 10.2. The molecule has 0 atom stereocenters. The lowest BCUT2D eigenvalue weighted by Crippen LogP contribution is -2.23. The fourth-order valence-electron chi connectivity index (χ4n) is 1.95. The van der Waals surface area contributed by atoms with Crippen LogP contribution in [-0.2, 0) is 0 Å². The second kappa shape index (κ2) is 5.38. The van der Waals surface area contributed by atoms with Gasteiger partial charge in [-0.1, -0.05) is 29.8 Å². The Morgan fingerprint density at radius 2 is 1.90 bits per heavy atom. The van der Waals surface area contributed by atoms with Gasteiger partial charge in [0.25, 0.3) is 11.5 Å². The highest BCUT2D eigenvalue weighted by atomic mass is 35.5. The van der Waals surface area contributed by atoms with Crippen molar-refractivity contribution >= 4 is 28.8 Å². The van der Waals surface area contributed by atoms with Gasteiger partial charge >= 0.3 is 0 Å². The number of aromatic nitrogens is 2. The first-order valence-electron chi connectivity index (χ1n) is 6.19. The zero-order valence-electron chi connectivity index (χ0n) is 10.8. The van der Waals surface area contributed by atoms with Crippen LogP contribution in [0.4, 0.5) is 5.69 Å². The number of fused-ring (bicyclic) bond motifs is 1. The van der Waals surface area contributed by atoms with E-state index < -0.39 is 5.91 Å². The van der Waals surface area contributed by atoms with Gasteiger partial charge in [-0.2, -0.15) is 0 Å². The minimum Gasteiger partial charge on any atom is -0.316 e. The molecule has 0 bridgehead atoms. The smallest absolute Gasteiger partial charge is 0.281 e. The lowest BCUT2D eigenvalue weighted by molar-refractivity contribution is 0.102. The Morgan fingerprint density at radius 1 is 1.14 bits per heavy atom. The van der Waals surface area contributed by atoms with Crippen molar-refractivity contribution in [3.63, 3.8) is 0 Å². The van der Waals surface area contributed by atoms with E-state index in [1.165, 1.54) is 10.6 Å². The van der Waals surface area contributed by atoms with Crippen molar-refractivity contribution in [2.45, 2.75) is 0 Å². The maximum Gasteiger partial charge on any atom is 0.281 e. The molecule has 104 valence electrons. The second-order valence-corrected chi connectivity index (χ2v) is 4.75. The van der Waals surface area contributed by atoms with E-state index in [0.717, 1.165) is 0 Å². The molecule has 0 saturated heterocycles. The summed E-state index contributed by atoms with van der Waals surface area (Å²) in [5.74, 6) is -0.449. The Balaban J connectivity index is 1.99. The van der Waals surface area contributed by atoms with Crippen molar-refractivity contribution in [3.05, 3.63) is 75.8 Å². The number of rotatable bonds is 2. The maximum atomic E-state index is 12.3. The van der Waals surface area contributed by atoms with Crippen LogP contribution >= 0.6 is 11.6 Å². The number of anilines is 1. The van der Waals surface area contributed by atoms with Gasteiger partial charge in [-0.3, -0.25) is 14.0 Å². The molecular weight excluding hydrogens is 290 g/mol. The molecule has 21 heavy (non-hydrogen) atoms. The van der Waals surface area contributed by atoms with Gasteiger partial charge in [0, 0.05) is 6.20 Å². The number of halogens is 1. The summed E-state index contributed by atoms with van der Waals surface area (Å²) >= 11 is 5.96. The number of amides is 1. The van der Waals surface area contributed by atoms with Gasteiger partial charge in [0.15, 0.2) is 0 Å². The van der Waals surface area contributed by atoms with Crippen LogP contribution < -0.4 is 10.9 Å². The normalized spacial score (nSPS) is 10.5. The average Bonchev–Trinajstić information content (AvgIpc) is 2.51. The van der Waals surface area contributed by atoms with Gasteiger partial charge < -0.3 is 5.32 Å². The van der Waals surface area contributed by atoms with Crippen molar-refractivity contribution < 1.29 is 4.79 Å². The fraction of sp³-hybridized carbons (Fsp3) is 0. The lowest BCUT2D eigenvalue weighted by Gasteiger charge is -2.07. The topological polar surface area (TPSA) is 63.5 Å². The van der Waals surface area contributed by atoms with Crippen LogP contribution in [0.15, 0.2) is 59.7 Å². The van der Waals surface area contributed by atoms with Crippen LogP contribution in [0.2, 0.25) is 5.02 Å². The van der Waals surface area contributed by atoms with E-state index in [-0.39, 0.29) is 11.2 Å². The summed E-state index contributed by atoms with van der Waals surface area (Å²) in [6.45, 7) is 0. The van der Waals surface area contributed by atoms with Crippen molar-refractivity contribution in [3.8, 4) is 0 Å². The monoisotopic (exact) mass is 299 g/mol. The second-order valence-electron chi connectivity index (χ2n) is 4.34. The Labute approximate surface area is 124 Å². The van der Waals surface area contributed by atoms with Crippen molar-refractivity contribution in [1.82, 2.24) is 9.38 Å². The summed E-state index contributed by atoms with van der Waals surface area (Å²) < 4.78 is 1.36. The van der Waals surface area contributed by atoms with Crippen LogP contribution in [0, 0.1) is 0 Å². The fourth-order valence-corrected chi connectivity index (χ4v) is 2.17. The molecule has 0 saturated carbocycles. The zero-order chi connectivity index (χ0) is 14.8. The van der Waals surface area contributed by atoms with Crippen molar-refractivity contribution in [2.75, 3.05) is 5.32 Å². The van der Waals surface area contributed by atoms with Gasteiger partial charge in [0.05, 0.1) is 16.8 Å². The summed E-state index contributed by atoms with van der Waals surface area (Å²) in [6.07, 6.45) is 2.93. The third-order valence-electron chi connectivity index (χ3n) is 2.98. The van der Waals surface area contributed by atoms with Crippen LogP contribution in [0.1, 0.15) is 10.4 Å². The third kappa shape index (κ3) is 2.51.